The van der Waals surface area contributed by atoms with Gasteiger partial charge in [-0.1, -0.05) is 35.9 Å². The van der Waals surface area contributed by atoms with Crippen molar-refractivity contribution in [2.24, 2.45) is 0 Å². The number of nitrogens with two attached hydrogens (primary N) is 1. The summed E-state index contributed by atoms with van der Waals surface area (Å²) in [7, 11) is 0. The number of hydrogen-bond acceptors (Lipinski definition) is 3. The Morgan fingerprint density at radius 2 is 1.85 bits per heavy atom. The molecule has 0 aromatic heterocycles. The number of benzene rings is 2. The molecule has 0 amide bonds. The Labute approximate surface area is 119 Å². The fourth-order valence-electron chi connectivity index (χ4n) is 2.04. The molecule has 0 fully saturated rings. The minimum Gasteiger partial charge on any atom is -0.457 e. The van der Waals surface area contributed by atoms with E-state index in [0.717, 1.165) is 22.3 Å². The molecule has 0 aliphatic rings. The zero-order valence-corrected chi connectivity index (χ0v) is 12.1. The van der Waals surface area contributed by atoms with Crippen LogP contribution in [0.4, 0.5) is 5.69 Å². The molecule has 2 rings (SSSR count). The number of anilines is 1. The predicted molar refractivity (Wildman–Crippen MR) is 80.6 cm³/mol. The van der Waals surface area contributed by atoms with Crippen LogP contribution in [0.1, 0.15) is 32.6 Å². The molecule has 0 atom stereocenters. The maximum Gasteiger partial charge on any atom is 0.340 e. The number of para-hydroxylation sites is 1. The second-order valence-electron chi connectivity index (χ2n) is 5.04. The molecule has 0 spiro atoms. The molecule has 20 heavy (non-hydrogen) atoms. The molecule has 0 saturated heterocycles. The monoisotopic (exact) mass is 269 g/mol. The van der Waals surface area contributed by atoms with Gasteiger partial charge in [0.25, 0.3) is 0 Å². The molecule has 0 aliphatic carbocycles. The fraction of sp³-hybridized carbons (Fsp3) is 0.235. The Bertz CT molecular complexity index is 647. The average Bonchev–Trinajstić information content (AvgIpc) is 2.42. The summed E-state index contributed by atoms with van der Waals surface area (Å²) in [6, 6.07) is 11.5. The van der Waals surface area contributed by atoms with Crippen molar-refractivity contribution in [1.29, 1.82) is 0 Å². The second-order valence-corrected chi connectivity index (χ2v) is 5.04. The molecule has 0 saturated carbocycles. The lowest BCUT2D eigenvalue weighted by atomic mass is 10.1. The Kier molecular flexibility index (Phi) is 4.08. The molecular formula is C17H19NO2. The van der Waals surface area contributed by atoms with Gasteiger partial charge in [-0.15, -0.1) is 0 Å². The van der Waals surface area contributed by atoms with Gasteiger partial charge >= 0.3 is 5.97 Å². The van der Waals surface area contributed by atoms with Gasteiger partial charge in [-0.25, -0.2) is 4.79 Å². The van der Waals surface area contributed by atoms with Gasteiger partial charge in [-0.05, 0) is 43.5 Å². The summed E-state index contributed by atoms with van der Waals surface area (Å²) in [4.78, 5) is 12.1. The van der Waals surface area contributed by atoms with Crippen molar-refractivity contribution in [3.8, 4) is 0 Å². The Balaban J connectivity index is 2.13. The van der Waals surface area contributed by atoms with Crippen LogP contribution < -0.4 is 5.73 Å². The summed E-state index contributed by atoms with van der Waals surface area (Å²) < 4.78 is 5.37. The molecule has 0 radical (unpaired) electrons. The van der Waals surface area contributed by atoms with Crippen LogP contribution in [0.2, 0.25) is 0 Å². The summed E-state index contributed by atoms with van der Waals surface area (Å²) in [5.74, 6) is -0.382. The van der Waals surface area contributed by atoms with Crippen LogP contribution in [0.3, 0.4) is 0 Å². The minimum absolute atomic E-state index is 0.264. The highest BCUT2D eigenvalue weighted by Crippen LogP contribution is 2.19. The van der Waals surface area contributed by atoms with E-state index in [9.17, 15) is 4.79 Å². The number of rotatable bonds is 3. The van der Waals surface area contributed by atoms with Crippen LogP contribution in [0.5, 0.6) is 0 Å². The summed E-state index contributed by atoms with van der Waals surface area (Å²) in [6.07, 6.45) is 0. The smallest absolute Gasteiger partial charge is 0.340 e. The van der Waals surface area contributed by atoms with Crippen molar-refractivity contribution < 1.29 is 9.53 Å². The van der Waals surface area contributed by atoms with E-state index < -0.39 is 0 Å². The van der Waals surface area contributed by atoms with Crippen molar-refractivity contribution in [3.05, 3.63) is 64.2 Å². The first-order valence-corrected chi connectivity index (χ1v) is 6.57. The summed E-state index contributed by atoms with van der Waals surface area (Å²) >= 11 is 0. The van der Waals surface area contributed by atoms with Crippen molar-refractivity contribution in [2.75, 3.05) is 5.73 Å². The number of hydrogen-bond donors (Lipinski definition) is 1. The highest BCUT2D eigenvalue weighted by molar-refractivity contribution is 5.95. The van der Waals surface area contributed by atoms with Crippen molar-refractivity contribution in [1.82, 2.24) is 0 Å². The third kappa shape index (κ3) is 2.99. The quantitative estimate of drug-likeness (QED) is 0.684. The van der Waals surface area contributed by atoms with Crippen LogP contribution in [0, 0.1) is 20.8 Å². The van der Waals surface area contributed by atoms with Crippen LogP contribution >= 0.6 is 0 Å². The number of carbonyl (C=O) groups excluding carboxylic acids is 1. The zero-order chi connectivity index (χ0) is 14.7. The highest BCUT2D eigenvalue weighted by Gasteiger charge is 2.13. The molecule has 2 N–H and O–H groups in total. The maximum atomic E-state index is 12.1. The zero-order valence-electron chi connectivity index (χ0n) is 12.1. The average molecular weight is 269 g/mol. The van der Waals surface area contributed by atoms with E-state index in [1.54, 1.807) is 12.1 Å². The SMILES string of the molecule is Cc1ccc(C)c(COC(=O)c2cccc(C)c2N)c1. The molecule has 0 heterocycles. The molecule has 0 aliphatic heterocycles. The molecule has 2 aromatic carbocycles. The lowest BCUT2D eigenvalue weighted by Crippen LogP contribution is -2.09. The standard InChI is InChI=1S/C17H19NO2/c1-11-7-8-12(2)14(9-11)10-20-17(19)15-6-4-5-13(3)16(15)18/h4-9H,10,18H2,1-3H3. The highest BCUT2D eigenvalue weighted by atomic mass is 16.5. The Hall–Kier alpha value is -2.29. The number of carbonyl (C=O) groups is 1. The van der Waals surface area contributed by atoms with E-state index in [-0.39, 0.29) is 12.6 Å². The first kappa shape index (κ1) is 14.1. The molecule has 0 bridgehead atoms. The largest absolute Gasteiger partial charge is 0.457 e. The normalized spacial score (nSPS) is 10.3. The number of esters is 1. The van der Waals surface area contributed by atoms with Gasteiger partial charge in [-0.3, -0.25) is 0 Å². The van der Waals surface area contributed by atoms with Gasteiger partial charge < -0.3 is 10.5 Å². The van der Waals surface area contributed by atoms with E-state index in [2.05, 4.69) is 0 Å². The van der Waals surface area contributed by atoms with E-state index >= 15 is 0 Å². The van der Waals surface area contributed by atoms with E-state index in [1.165, 1.54) is 0 Å². The molecule has 2 aromatic rings. The topological polar surface area (TPSA) is 52.3 Å². The first-order chi connectivity index (χ1) is 9.49. The van der Waals surface area contributed by atoms with Gasteiger partial charge in [0, 0.05) is 5.69 Å². The van der Waals surface area contributed by atoms with Crippen LogP contribution in [-0.4, -0.2) is 5.97 Å². The minimum atomic E-state index is -0.382. The molecule has 0 unspecified atom stereocenters. The van der Waals surface area contributed by atoms with Gasteiger partial charge in [0.15, 0.2) is 0 Å². The number of nitrogen functional groups attached to an aromatic ring is 1. The van der Waals surface area contributed by atoms with Gasteiger partial charge in [0.2, 0.25) is 0 Å². The van der Waals surface area contributed by atoms with Crippen LogP contribution in [0.15, 0.2) is 36.4 Å². The van der Waals surface area contributed by atoms with Gasteiger partial charge in [-0.2, -0.15) is 0 Å². The summed E-state index contributed by atoms with van der Waals surface area (Å²) in [6.45, 7) is 6.16. The van der Waals surface area contributed by atoms with E-state index in [0.29, 0.717) is 11.3 Å². The predicted octanol–water partition coefficient (Wildman–Crippen LogP) is 3.55. The molecule has 3 heteroatoms. The second kappa shape index (κ2) is 5.78. The van der Waals surface area contributed by atoms with Crippen molar-refractivity contribution in [3.63, 3.8) is 0 Å². The third-order valence-electron chi connectivity index (χ3n) is 3.41. The van der Waals surface area contributed by atoms with Crippen molar-refractivity contribution >= 4 is 11.7 Å². The van der Waals surface area contributed by atoms with E-state index in [1.807, 2.05) is 45.0 Å². The van der Waals surface area contributed by atoms with Gasteiger partial charge in [0.1, 0.15) is 6.61 Å². The number of ether oxygens (including phenoxy) is 1. The van der Waals surface area contributed by atoms with Gasteiger partial charge in [0.05, 0.1) is 5.56 Å². The lowest BCUT2D eigenvalue weighted by molar-refractivity contribution is 0.0473. The van der Waals surface area contributed by atoms with Crippen LogP contribution in [-0.2, 0) is 11.3 Å². The summed E-state index contributed by atoms with van der Waals surface area (Å²) in [5.41, 5.74) is 11.0. The van der Waals surface area contributed by atoms with Crippen LogP contribution in [0.25, 0.3) is 0 Å². The molecule has 104 valence electrons. The summed E-state index contributed by atoms with van der Waals surface area (Å²) in [5, 5.41) is 0. The lowest BCUT2D eigenvalue weighted by Gasteiger charge is -2.10. The van der Waals surface area contributed by atoms with E-state index in [4.69, 9.17) is 10.5 Å². The maximum absolute atomic E-state index is 12.1. The Morgan fingerprint density at radius 3 is 2.60 bits per heavy atom. The molecule has 3 nitrogen and oxygen atoms in total. The fourth-order valence-corrected chi connectivity index (χ4v) is 2.04. The first-order valence-electron chi connectivity index (χ1n) is 6.57. The molecular weight excluding hydrogens is 250 g/mol. The third-order valence-corrected chi connectivity index (χ3v) is 3.41. The van der Waals surface area contributed by atoms with Crippen molar-refractivity contribution in [2.45, 2.75) is 27.4 Å². The Morgan fingerprint density at radius 1 is 1.10 bits per heavy atom. The number of aryl methyl sites for hydroxylation is 3.